The first-order valence-corrected chi connectivity index (χ1v) is 13.8. The summed E-state index contributed by atoms with van der Waals surface area (Å²) < 4.78 is 10.5. The van der Waals surface area contributed by atoms with Crippen molar-refractivity contribution in [2.75, 3.05) is 7.11 Å². The van der Waals surface area contributed by atoms with E-state index < -0.39 is 0 Å². The average molecular weight is 532 g/mol. The molecule has 3 aromatic carbocycles. The first kappa shape index (κ1) is 24.5. The summed E-state index contributed by atoms with van der Waals surface area (Å²) in [5.41, 5.74) is 4.81. The number of fused-ring (bicyclic) bond motifs is 1. The van der Waals surface area contributed by atoms with Crippen molar-refractivity contribution in [3.8, 4) is 11.4 Å². The third-order valence-electron chi connectivity index (χ3n) is 6.07. The Labute approximate surface area is 223 Å². The molecule has 182 valence electrons. The van der Waals surface area contributed by atoms with Crippen LogP contribution in [-0.2, 0) is 18.7 Å². The molecule has 0 fully saturated rings. The molecule has 5 rings (SSSR count). The zero-order valence-electron chi connectivity index (χ0n) is 20.0. The van der Waals surface area contributed by atoms with Gasteiger partial charge in [-0.3, -0.25) is 9.36 Å². The number of para-hydroxylation sites is 2. The van der Waals surface area contributed by atoms with Crippen LogP contribution in [0, 0.1) is 10.9 Å². The van der Waals surface area contributed by atoms with E-state index in [0.29, 0.717) is 43.2 Å². The van der Waals surface area contributed by atoms with Gasteiger partial charge in [0.25, 0.3) is 5.56 Å². The quantitative estimate of drug-likeness (QED) is 0.125. The van der Waals surface area contributed by atoms with Crippen molar-refractivity contribution >= 4 is 45.7 Å². The van der Waals surface area contributed by atoms with Crippen LogP contribution in [0.2, 0.25) is 0 Å². The summed E-state index contributed by atoms with van der Waals surface area (Å²) in [7, 11) is 1.61. The number of aromatic nitrogens is 3. The molecule has 0 bridgehead atoms. The van der Waals surface area contributed by atoms with Crippen molar-refractivity contribution in [1.82, 2.24) is 14.1 Å². The topological polar surface area (TPSA) is 49.0 Å². The molecule has 0 atom stereocenters. The molecular weight excluding hydrogens is 507 g/mol. The number of nitrogens with zero attached hydrogens (tertiary/aromatic N) is 3. The fraction of sp³-hybridized carbons (Fsp3) is 0.179. The number of thiazole rings is 1. The van der Waals surface area contributed by atoms with Gasteiger partial charge >= 0.3 is 0 Å². The fourth-order valence-electron chi connectivity index (χ4n) is 4.10. The molecule has 0 unspecified atom stereocenters. The van der Waals surface area contributed by atoms with Gasteiger partial charge in [-0.2, -0.15) is 0 Å². The largest absolute Gasteiger partial charge is 0.495 e. The van der Waals surface area contributed by atoms with Gasteiger partial charge in [-0.1, -0.05) is 89.8 Å². The molecule has 36 heavy (non-hydrogen) atoms. The van der Waals surface area contributed by atoms with Gasteiger partial charge in [0, 0.05) is 12.3 Å². The molecule has 0 radical (unpaired) electrons. The van der Waals surface area contributed by atoms with Crippen LogP contribution in [0.15, 0.2) is 88.8 Å². The average Bonchev–Trinajstić information content (AvgIpc) is 3.23. The minimum absolute atomic E-state index is 0.133. The molecule has 0 N–H and O–H groups in total. The third kappa shape index (κ3) is 4.89. The summed E-state index contributed by atoms with van der Waals surface area (Å²) >= 11 is 8.56. The molecule has 0 saturated carbocycles. The SMILES string of the molecule is COc1ccccc1-n1c(SCc2ccccc2C)nc2c(sc(=S)n2CCc2ccccc2)c1=O. The lowest BCUT2D eigenvalue weighted by Crippen LogP contribution is -2.22. The molecule has 0 aliphatic heterocycles. The lowest BCUT2D eigenvalue weighted by Gasteiger charge is -2.15. The van der Waals surface area contributed by atoms with E-state index in [1.807, 2.05) is 59.2 Å². The minimum atomic E-state index is -0.133. The number of methoxy groups -OCH3 is 1. The van der Waals surface area contributed by atoms with Crippen molar-refractivity contribution in [3.05, 3.63) is 110 Å². The van der Waals surface area contributed by atoms with Crippen molar-refractivity contribution in [3.63, 3.8) is 0 Å². The van der Waals surface area contributed by atoms with Gasteiger partial charge in [-0.15, -0.1) is 0 Å². The van der Waals surface area contributed by atoms with Gasteiger partial charge in [0.05, 0.1) is 12.8 Å². The van der Waals surface area contributed by atoms with Crippen molar-refractivity contribution in [2.24, 2.45) is 0 Å². The fourth-order valence-corrected chi connectivity index (χ4v) is 6.48. The number of benzene rings is 3. The van der Waals surface area contributed by atoms with Crippen LogP contribution >= 0.6 is 35.3 Å². The first-order valence-electron chi connectivity index (χ1n) is 11.6. The lowest BCUT2D eigenvalue weighted by atomic mass is 10.1. The Bertz CT molecular complexity index is 1640. The Morgan fingerprint density at radius 1 is 1.00 bits per heavy atom. The zero-order valence-corrected chi connectivity index (χ0v) is 22.5. The van der Waals surface area contributed by atoms with Gasteiger partial charge in [-0.05, 0) is 54.4 Å². The van der Waals surface area contributed by atoms with E-state index in [0.717, 1.165) is 6.42 Å². The van der Waals surface area contributed by atoms with E-state index in [4.69, 9.17) is 21.9 Å². The number of rotatable bonds is 8. The number of thioether (sulfide) groups is 1. The summed E-state index contributed by atoms with van der Waals surface area (Å²) in [5.74, 6) is 1.31. The van der Waals surface area contributed by atoms with E-state index in [2.05, 4.69) is 31.2 Å². The molecule has 2 heterocycles. The molecule has 5 nitrogen and oxygen atoms in total. The Morgan fingerprint density at radius 3 is 2.50 bits per heavy atom. The highest BCUT2D eigenvalue weighted by Crippen LogP contribution is 2.31. The smallest absolute Gasteiger partial charge is 0.278 e. The normalized spacial score (nSPS) is 11.2. The monoisotopic (exact) mass is 531 g/mol. The van der Waals surface area contributed by atoms with Crippen LogP contribution in [0.1, 0.15) is 16.7 Å². The van der Waals surface area contributed by atoms with Gasteiger partial charge in [0.2, 0.25) is 0 Å². The molecule has 0 saturated heterocycles. The van der Waals surface area contributed by atoms with Crippen LogP contribution in [0.5, 0.6) is 5.75 Å². The maximum atomic E-state index is 13.9. The number of aryl methyl sites for hydroxylation is 3. The Balaban J connectivity index is 1.64. The molecule has 0 amide bonds. The highest BCUT2D eigenvalue weighted by Gasteiger charge is 2.20. The molecule has 8 heteroatoms. The van der Waals surface area contributed by atoms with Crippen LogP contribution in [0.3, 0.4) is 0 Å². The van der Waals surface area contributed by atoms with E-state index >= 15 is 0 Å². The standard InChI is InChI=1S/C28H25N3O2S3/c1-19-10-6-7-13-21(19)18-35-27-29-25-24(26(32)31(27)22-14-8-9-15-23(22)33-2)36-28(34)30(25)17-16-20-11-4-3-5-12-20/h3-15H,16-18H2,1-2H3. The first-order chi connectivity index (χ1) is 17.6. The summed E-state index contributed by atoms with van der Waals surface area (Å²) in [4.78, 5) is 19.0. The maximum absolute atomic E-state index is 13.9. The Hall–Kier alpha value is -3.20. The van der Waals surface area contributed by atoms with Crippen LogP contribution < -0.4 is 10.3 Å². The van der Waals surface area contributed by atoms with E-state index in [-0.39, 0.29) is 5.56 Å². The predicted octanol–water partition coefficient (Wildman–Crippen LogP) is 6.83. The van der Waals surface area contributed by atoms with Crippen LogP contribution in [0.4, 0.5) is 0 Å². The molecule has 0 aliphatic rings. The second-order valence-electron chi connectivity index (χ2n) is 8.33. The van der Waals surface area contributed by atoms with E-state index in [9.17, 15) is 4.79 Å². The van der Waals surface area contributed by atoms with Gasteiger partial charge < -0.3 is 9.30 Å². The second-order valence-corrected chi connectivity index (χ2v) is 10.9. The Kier molecular flexibility index (Phi) is 7.36. The molecule has 0 aliphatic carbocycles. The molecule has 2 aromatic heterocycles. The summed E-state index contributed by atoms with van der Waals surface area (Å²) in [5, 5.41) is 0.613. The highest BCUT2D eigenvalue weighted by molar-refractivity contribution is 7.98. The van der Waals surface area contributed by atoms with E-state index in [1.54, 1.807) is 23.4 Å². The number of ether oxygens (including phenoxy) is 1. The zero-order chi connectivity index (χ0) is 25.1. The Morgan fingerprint density at radius 2 is 1.72 bits per heavy atom. The predicted molar refractivity (Wildman–Crippen MR) is 151 cm³/mol. The van der Waals surface area contributed by atoms with Crippen LogP contribution in [0.25, 0.3) is 16.0 Å². The summed E-state index contributed by atoms with van der Waals surface area (Å²) in [6.07, 6.45) is 0.809. The number of hydrogen-bond acceptors (Lipinski definition) is 6. The van der Waals surface area contributed by atoms with Gasteiger partial charge in [0.1, 0.15) is 10.4 Å². The van der Waals surface area contributed by atoms with Crippen molar-refractivity contribution < 1.29 is 4.74 Å². The minimum Gasteiger partial charge on any atom is -0.495 e. The van der Waals surface area contributed by atoms with Crippen molar-refractivity contribution in [2.45, 2.75) is 30.8 Å². The maximum Gasteiger partial charge on any atom is 0.278 e. The lowest BCUT2D eigenvalue weighted by molar-refractivity contribution is 0.411. The van der Waals surface area contributed by atoms with Crippen molar-refractivity contribution in [1.29, 1.82) is 0 Å². The van der Waals surface area contributed by atoms with Crippen LogP contribution in [-0.4, -0.2) is 21.2 Å². The molecule has 5 aromatic rings. The van der Waals surface area contributed by atoms with Gasteiger partial charge in [-0.25, -0.2) is 4.98 Å². The highest BCUT2D eigenvalue weighted by atomic mass is 32.2. The summed E-state index contributed by atoms with van der Waals surface area (Å²) in [6.45, 7) is 2.76. The second kappa shape index (κ2) is 10.8. The molecule has 0 spiro atoms. The van der Waals surface area contributed by atoms with E-state index in [1.165, 1.54) is 28.0 Å². The molecular formula is C28H25N3O2S3. The third-order valence-corrected chi connectivity index (χ3v) is 8.48. The number of hydrogen-bond donors (Lipinski definition) is 0. The summed E-state index contributed by atoms with van der Waals surface area (Å²) in [6, 6.07) is 26.1. The van der Waals surface area contributed by atoms with Gasteiger partial charge in [0.15, 0.2) is 14.8 Å².